The number of hydrogen-bond acceptors (Lipinski definition) is 6. The summed E-state index contributed by atoms with van der Waals surface area (Å²) in [5.41, 5.74) is 0.177. The fourth-order valence-corrected chi connectivity index (χ4v) is 7.47. The van der Waals surface area contributed by atoms with Gasteiger partial charge in [-0.25, -0.2) is 13.8 Å². The minimum absolute atomic E-state index is 0.0530. The predicted octanol–water partition coefficient (Wildman–Crippen LogP) is 6.23. The molecule has 0 unspecified atom stereocenters. The molecule has 1 aromatic carbocycles. The molecule has 2 saturated carbocycles. The molecule has 0 N–H and O–H groups in total. The van der Waals surface area contributed by atoms with E-state index in [0.717, 1.165) is 36.0 Å². The summed E-state index contributed by atoms with van der Waals surface area (Å²) in [4.78, 5) is 7.75. The van der Waals surface area contributed by atoms with E-state index in [1.165, 1.54) is 13.2 Å². The van der Waals surface area contributed by atoms with E-state index in [9.17, 15) is 22.0 Å². The Balaban J connectivity index is 1.12. The molecule has 0 atom stereocenters. The highest BCUT2D eigenvalue weighted by molar-refractivity contribution is 6.30. The molecule has 4 heterocycles. The van der Waals surface area contributed by atoms with E-state index in [4.69, 9.17) is 16.3 Å². The first-order valence-electron chi connectivity index (χ1n) is 13.5. The Morgan fingerprint density at radius 1 is 1.02 bits per heavy atom. The van der Waals surface area contributed by atoms with Gasteiger partial charge in [0.25, 0.3) is 5.92 Å². The van der Waals surface area contributed by atoms with Crippen LogP contribution in [-0.2, 0) is 19.3 Å². The SMILES string of the molecule is COc1ccc(C(F)(F)F)nc1N1CC2(CC(c3nnc4n3-c3ccc(Cl)cc3CN(C3(C)CC(F)(F)C3)C4)C2)C1. The largest absolute Gasteiger partial charge is 0.493 e. The zero-order chi connectivity index (χ0) is 28.9. The Morgan fingerprint density at radius 2 is 1.76 bits per heavy atom. The van der Waals surface area contributed by atoms with E-state index in [-0.39, 0.29) is 30.0 Å². The maximum absolute atomic E-state index is 13.9. The zero-order valence-corrected chi connectivity index (χ0v) is 23.2. The van der Waals surface area contributed by atoms with Crippen molar-refractivity contribution >= 4 is 17.4 Å². The summed E-state index contributed by atoms with van der Waals surface area (Å²) in [5.74, 6) is -0.534. The number of nitrogens with zero attached hydrogens (tertiary/aromatic N) is 6. The van der Waals surface area contributed by atoms with Gasteiger partial charge < -0.3 is 9.64 Å². The summed E-state index contributed by atoms with van der Waals surface area (Å²) in [7, 11) is 1.42. The van der Waals surface area contributed by atoms with Crippen LogP contribution in [0.3, 0.4) is 0 Å². The van der Waals surface area contributed by atoms with E-state index in [0.29, 0.717) is 42.8 Å². The van der Waals surface area contributed by atoms with Crippen LogP contribution in [0.1, 0.15) is 61.4 Å². The number of ether oxygens (including phenoxy) is 1. The number of pyridine rings is 1. The quantitative estimate of drug-likeness (QED) is 0.334. The molecule has 13 heteroatoms. The van der Waals surface area contributed by atoms with Crippen LogP contribution in [0.5, 0.6) is 5.75 Å². The van der Waals surface area contributed by atoms with Gasteiger partial charge in [-0.2, -0.15) is 13.2 Å². The van der Waals surface area contributed by atoms with Gasteiger partial charge in [-0.1, -0.05) is 11.6 Å². The van der Waals surface area contributed by atoms with Crippen molar-refractivity contribution in [3.8, 4) is 11.4 Å². The summed E-state index contributed by atoms with van der Waals surface area (Å²) in [6, 6.07) is 7.86. The van der Waals surface area contributed by atoms with Crippen molar-refractivity contribution < 1.29 is 26.7 Å². The molecule has 0 radical (unpaired) electrons. The average molecular weight is 595 g/mol. The molecule has 2 aliphatic heterocycles. The highest BCUT2D eigenvalue weighted by atomic mass is 35.5. The third kappa shape index (κ3) is 4.36. The molecule has 4 aliphatic rings. The second-order valence-corrected chi connectivity index (χ2v) is 12.8. The van der Waals surface area contributed by atoms with Crippen molar-refractivity contribution in [2.24, 2.45) is 5.41 Å². The standard InChI is InChI=1S/C28H28ClF5N6O/c1-25(12-27(30,31)13-25)39-10-16-7-18(29)3-4-19(16)40-22(11-39)36-37-23(40)17-8-26(9-17)14-38(15-26)24-20(41-2)5-6-21(35-24)28(32,33)34/h3-7,17H,8-15H2,1-2H3. The van der Waals surface area contributed by atoms with Gasteiger partial charge >= 0.3 is 6.18 Å². The van der Waals surface area contributed by atoms with Gasteiger partial charge in [0, 0.05) is 54.4 Å². The van der Waals surface area contributed by atoms with Crippen LogP contribution in [0.15, 0.2) is 30.3 Å². The molecule has 7 rings (SSSR count). The van der Waals surface area contributed by atoms with Crippen LogP contribution in [0.2, 0.25) is 5.02 Å². The molecule has 3 aromatic rings. The molecule has 2 aromatic heterocycles. The molecular formula is C28H28ClF5N6O. The molecule has 0 amide bonds. The molecule has 1 saturated heterocycles. The minimum atomic E-state index is -4.54. The van der Waals surface area contributed by atoms with Gasteiger partial charge in [0.05, 0.1) is 19.3 Å². The van der Waals surface area contributed by atoms with Crippen molar-refractivity contribution in [3.05, 3.63) is 58.3 Å². The average Bonchev–Trinajstić information content (AvgIpc) is 3.15. The van der Waals surface area contributed by atoms with Crippen molar-refractivity contribution in [2.75, 3.05) is 25.1 Å². The number of hydrogen-bond donors (Lipinski definition) is 0. The Hall–Kier alpha value is -2.99. The lowest BCUT2D eigenvalue weighted by Crippen LogP contribution is -2.62. The highest BCUT2D eigenvalue weighted by Gasteiger charge is 2.58. The number of halogens is 6. The van der Waals surface area contributed by atoms with Crippen LogP contribution < -0.4 is 9.64 Å². The first-order valence-corrected chi connectivity index (χ1v) is 13.9. The lowest BCUT2D eigenvalue weighted by molar-refractivity contribution is -0.173. The van der Waals surface area contributed by atoms with Crippen molar-refractivity contribution in [1.29, 1.82) is 0 Å². The van der Waals surface area contributed by atoms with Crippen LogP contribution in [0.25, 0.3) is 5.69 Å². The van der Waals surface area contributed by atoms with E-state index < -0.39 is 23.3 Å². The fourth-order valence-electron chi connectivity index (χ4n) is 7.28. The van der Waals surface area contributed by atoms with Crippen LogP contribution in [0.4, 0.5) is 27.8 Å². The number of aromatic nitrogens is 4. The molecule has 3 fully saturated rings. The van der Waals surface area contributed by atoms with Gasteiger partial charge in [0.15, 0.2) is 17.4 Å². The predicted molar refractivity (Wildman–Crippen MR) is 141 cm³/mol. The molecular weight excluding hydrogens is 567 g/mol. The van der Waals surface area contributed by atoms with Crippen molar-refractivity contribution in [2.45, 2.75) is 69.3 Å². The third-order valence-electron chi connectivity index (χ3n) is 9.20. The maximum Gasteiger partial charge on any atom is 0.433 e. The number of rotatable bonds is 4. The Morgan fingerprint density at radius 3 is 2.41 bits per heavy atom. The van der Waals surface area contributed by atoms with E-state index in [1.807, 2.05) is 30.0 Å². The molecule has 0 bridgehead atoms. The summed E-state index contributed by atoms with van der Waals surface area (Å²) in [5, 5.41) is 9.66. The third-order valence-corrected chi connectivity index (χ3v) is 9.43. The Kier molecular flexibility index (Phi) is 5.74. The van der Waals surface area contributed by atoms with Crippen molar-refractivity contribution in [3.63, 3.8) is 0 Å². The Bertz CT molecular complexity index is 1520. The van der Waals surface area contributed by atoms with Crippen LogP contribution in [0, 0.1) is 5.41 Å². The summed E-state index contributed by atoms with van der Waals surface area (Å²) < 4.78 is 75.1. The molecule has 1 spiro atoms. The van der Waals surface area contributed by atoms with Crippen LogP contribution in [-0.4, -0.2) is 56.3 Å². The van der Waals surface area contributed by atoms with Crippen molar-refractivity contribution in [1.82, 2.24) is 24.6 Å². The number of benzene rings is 1. The highest BCUT2D eigenvalue weighted by Crippen LogP contribution is 2.58. The fraction of sp³-hybridized carbons (Fsp3) is 0.536. The van der Waals surface area contributed by atoms with Gasteiger partial charge in [0.2, 0.25) is 0 Å². The van der Waals surface area contributed by atoms with Gasteiger partial charge in [-0.3, -0.25) is 9.47 Å². The molecule has 218 valence electrons. The number of fused-ring (bicyclic) bond motifs is 3. The summed E-state index contributed by atoms with van der Waals surface area (Å²) in [6.07, 6.45) is -3.34. The smallest absolute Gasteiger partial charge is 0.433 e. The summed E-state index contributed by atoms with van der Waals surface area (Å²) >= 11 is 6.35. The second-order valence-electron chi connectivity index (χ2n) is 12.3. The first-order chi connectivity index (χ1) is 19.3. The molecule has 7 nitrogen and oxygen atoms in total. The molecule has 41 heavy (non-hydrogen) atoms. The normalized spacial score (nSPS) is 22.7. The van der Waals surface area contributed by atoms with Gasteiger partial charge in [-0.15, -0.1) is 10.2 Å². The maximum atomic E-state index is 13.9. The minimum Gasteiger partial charge on any atom is -0.493 e. The first kappa shape index (κ1) is 26.9. The van der Waals surface area contributed by atoms with E-state index in [1.54, 1.807) is 0 Å². The number of methoxy groups -OCH3 is 1. The second kappa shape index (κ2) is 8.76. The lowest BCUT2D eigenvalue weighted by Gasteiger charge is -2.59. The topological polar surface area (TPSA) is 59.3 Å². The van der Waals surface area contributed by atoms with E-state index in [2.05, 4.69) is 24.6 Å². The zero-order valence-electron chi connectivity index (χ0n) is 22.5. The molecule has 2 aliphatic carbocycles. The van der Waals surface area contributed by atoms with E-state index >= 15 is 0 Å². The summed E-state index contributed by atoms with van der Waals surface area (Å²) in [6.45, 7) is 3.87. The number of alkyl halides is 5. The van der Waals surface area contributed by atoms with Gasteiger partial charge in [0.1, 0.15) is 11.5 Å². The van der Waals surface area contributed by atoms with Crippen LogP contribution >= 0.6 is 11.6 Å². The number of anilines is 1. The monoisotopic (exact) mass is 594 g/mol. The van der Waals surface area contributed by atoms with Gasteiger partial charge in [-0.05, 0) is 55.7 Å². The Labute approximate surface area is 238 Å². The lowest BCUT2D eigenvalue weighted by atomic mass is 9.57.